The number of anilines is 1. The molecule has 0 aromatic heterocycles. The van der Waals surface area contributed by atoms with Crippen LogP contribution in [-0.4, -0.2) is 18.2 Å². The van der Waals surface area contributed by atoms with Gasteiger partial charge in [-0.15, -0.1) is 0 Å². The summed E-state index contributed by atoms with van der Waals surface area (Å²) in [4.78, 5) is 12.2. The van der Waals surface area contributed by atoms with E-state index in [0.717, 1.165) is 17.7 Å². The molecule has 2 aromatic rings. The molecule has 0 bridgehead atoms. The number of hydrogen-bond acceptors (Lipinski definition) is 4. The lowest BCUT2D eigenvalue weighted by Crippen LogP contribution is -2.19. The molecule has 0 atom stereocenters. The van der Waals surface area contributed by atoms with Gasteiger partial charge in [-0.3, -0.25) is 4.79 Å². The zero-order valence-corrected chi connectivity index (χ0v) is 15.5. The van der Waals surface area contributed by atoms with Gasteiger partial charge in [-0.05, 0) is 55.3 Å². The molecule has 5 heteroatoms. The summed E-state index contributed by atoms with van der Waals surface area (Å²) in [6, 6.07) is 14.5. The van der Waals surface area contributed by atoms with Crippen LogP contribution in [0, 0.1) is 0 Å². The second-order valence-corrected chi connectivity index (χ2v) is 6.20. The summed E-state index contributed by atoms with van der Waals surface area (Å²) in [6.45, 7) is 4.71. The van der Waals surface area contributed by atoms with E-state index in [1.807, 2.05) is 43.3 Å². The number of carbonyl (C=O) groups excluding carboxylic acids is 1. The summed E-state index contributed by atoms with van der Waals surface area (Å²) in [5, 5.41) is 4.14. The Bertz CT molecular complexity index is 739. The van der Waals surface area contributed by atoms with E-state index in [-0.39, 0.29) is 5.91 Å². The Balaban J connectivity index is 1.86. The largest absolute Gasteiger partial charge is 0.494 e. The van der Waals surface area contributed by atoms with Crippen molar-refractivity contribution in [3.63, 3.8) is 0 Å². The number of hydrazone groups is 1. The Morgan fingerprint density at radius 1 is 1.08 bits per heavy atom. The lowest BCUT2D eigenvalue weighted by molar-refractivity contribution is 0.0955. The second-order valence-electron chi connectivity index (χ2n) is 6.20. The number of amides is 1. The minimum Gasteiger partial charge on any atom is -0.494 e. The van der Waals surface area contributed by atoms with E-state index < -0.39 is 0 Å². The van der Waals surface area contributed by atoms with Gasteiger partial charge in [0.2, 0.25) is 0 Å². The number of ether oxygens (including phenoxy) is 1. The molecule has 0 aliphatic rings. The Labute approximate surface area is 155 Å². The number of rotatable bonds is 9. The van der Waals surface area contributed by atoms with Crippen LogP contribution in [0.2, 0.25) is 0 Å². The van der Waals surface area contributed by atoms with Crippen molar-refractivity contribution in [3.8, 4) is 5.75 Å². The van der Waals surface area contributed by atoms with E-state index in [2.05, 4.69) is 17.5 Å². The van der Waals surface area contributed by atoms with Gasteiger partial charge in [-0.2, -0.15) is 5.10 Å². The molecule has 0 aliphatic carbocycles. The maximum atomic E-state index is 12.2. The van der Waals surface area contributed by atoms with E-state index in [1.165, 1.54) is 19.3 Å². The molecule has 3 N–H and O–H groups in total. The van der Waals surface area contributed by atoms with Gasteiger partial charge in [0, 0.05) is 11.3 Å². The average Bonchev–Trinajstić information content (AvgIpc) is 2.66. The normalized spacial score (nSPS) is 11.2. The van der Waals surface area contributed by atoms with Gasteiger partial charge in [0.05, 0.1) is 12.3 Å². The average molecular weight is 353 g/mol. The van der Waals surface area contributed by atoms with Crippen molar-refractivity contribution in [1.82, 2.24) is 5.43 Å². The van der Waals surface area contributed by atoms with Crippen molar-refractivity contribution in [2.24, 2.45) is 5.10 Å². The SMILES string of the molecule is CCCCCCOc1ccc(C(=O)N/N=C(\C)c2cccc(N)c2)cc1. The lowest BCUT2D eigenvalue weighted by atomic mass is 10.1. The molecule has 26 heavy (non-hydrogen) atoms. The Morgan fingerprint density at radius 2 is 1.85 bits per heavy atom. The van der Waals surface area contributed by atoms with Gasteiger partial charge in [0.1, 0.15) is 5.75 Å². The third kappa shape index (κ3) is 6.24. The molecule has 0 radical (unpaired) electrons. The Kier molecular flexibility index (Phi) is 7.68. The summed E-state index contributed by atoms with van der Waals surface area (Å²) in [5.41, 5.74) is 11.1. The molecular formula is C21H27N3O2. The maximum Gasteiger partial charge on any atom is 0.271 e. The molecule has 5 nitrogen and oxygen atoms in total. The first-order valence-corrected chi connectivity index (χ1v) is 9.03. The fraction of sp³-hybridized carbons (Fsp3) is 0.333. The summed E-state index contributed by atoms with van der Waals surface area (Å²) in [5.74, 6) is 0.514. The Morgan fingerprint density at radius 3 is 2.54 bits per heavy atom. The van der Waals surface area contributed by atoms with Gasteiger partial charge in [-0.25, -0.2) is 5.43 Å². The molecule has 0 heterocycles. The van der Waals surface area contributed by atoms with Crippen LogP contribution in [0.15, 0.2) is 53.6 Å². The zero-order valence-electron chi connectivity index (χ0n) is 15.5. The lowest BCUT2D eigenvalue weighted by Gasteiger charge is -2.07. The molecule has 138 valence electrons. The third-order valence-corrected chi connectivity index (χ3v) is 4.01. The van der Waals surface area contributed by atoms with E-state index in [0.29, 0.717) is 23.6 Å². The van der Waals surface area contributed by atoms with Gasteiger partial charge in [-0.1, -0.05) is 38.3 Å². The highest BCUT2D eigenvalue weighted by Gasteiger charge is 2.06. The highest BCUT2D eigenvalue weighted by Crippen LogP contribution is 2.13. The number of unbranched alkanes of at least 4 members (excludes halogenated alkanes) is 3. The molecule has 0 saturated carbocycles. The quantitative estimate of drug-likeness (QED) is 0.304. The molecule has 2 rings (SSSR count). The second kappa shape index (κ2) is 10.2. The monoisotopic (exact) mass is 353 g/mol. The van der Waals surface area contributed by atoms with Crippen molar-refractivity contribution >= 4 is 17.3 Å². The summed E-state index contributed by atoms with van der Waals surface area (Å²) >= 11 is 0. The number of carbonyl (C=O) groups is 1. The number of nitrogens with two attached hydrogens (primary N) is 1. The fourth-order valence-electron chi connectivity index (χ4n) is 2.45. The molecule has 1 amide bonds. The predicted molar refractivity (Wildman–Crippen MR) is 107 cm³/mol. The van der Waals surface area contributed by atoms with Crippen LogP contribution in [-0.2, 0) is 0 Å². The molecule has 0 saturated heterocycles. The van der Waals surface area contributed by atoms with Crippen LogP contribution < -0.4 is 15.9 Å². The molecule has 0 spiro atoms. The first-order valence-electron chi connectivity index (χ1n) is 9.03. The smallest absolute Gasteiger partial charge is 0.271 e. The number of benzene rings is 2. The topological polar surface area (TPSA) is 76.7 Å². The van der Waals surface area contributed by atoms with Crippen LogP contribution in [0.3, 0.4) is 0 Å². The molecule has 0 aliphatic heterocycles. The molecule has 0 unspecified atom stereocenters. The predicted octanol–water partition coefficient (Wildman–Crippen LogP) is 4.38. The number of nitrogen functional groups attached to an aromatic ring is 1. The van der Waals surface area contributed by atoms with E-state index >= 15 is 0 Å². The van der Waals surface area contributed by atoms with Gasteiger partial charge < -0.3 is 10.5 Å². The van der Waals surface area contributed by atoms with Crippen LogP contribution in [0.25, 0.3) is 0 Å². The maximum absolute atomic E-state index is 12.2. The van der Waals surface area contributed by atoms with Crippen LogP contribution in [0.5, 0.6) is 5.75 Å². The minimum atomic E-state index is -0.261. The van der Waals surface area contributed by atoms with Crippen LogP contribution >= 0.6 is 0 Å². The van der Waals surface area contributed by atoms with E-state index in [1.54, 1.807) is 12.1 Å². The molecular weight excluding hydrogens is 326 g/mol. The summed E-state index contributed by atoms with van der Waals surface area (Å²) in [7, 11) is 0. The fourth-order valence-corrected chi connectivity index (χ4v) is 2.45. The first-order chi connectivity index (χ1) is 12.6. The summed E-state index contributed by atoms with van der Waals surface area (Å²) in [6.07, 6.45) is 4.68. The van der Waals surface area contributed by atoms with Crippen molar-refractivity contribution in [2.45, 2.75) is 39.5 Å². The number of hydrogen-bond donors (Lipinski definition) is 2. The van der Waals surface area contributed by atoms with Gasteiger partial charge in [0.15, 0.2) is 0 Å². The van der Waals surface area contributed by atoms with Crippen LogP contribution in [0.1, 0.15) is 55.5 Å². The minimum absolute atomic E-state index is 0.261. The highest BCUT2D eigenvalue weighted by molar-refractivity contribution is 6.01. The van der Waals surface area contributed by atoms with Crippen molar-refractivity contribution in [3.05, 3.63) is 59.7 Å². The highest BCUT2D eigenvalue weighted by atomic mass is 16.5. The first kappa shape index (κ1) is 19.5. The van der Waals surface area contributed by atoms with Gasteiger partial charge >= 0.3 is 0 Å². The standard InChI is InChI=1S/C21H27N3O2/c1-3-4-5-6-14-26-20-12-10-17(11-13-20)21(25)24-23-16(2)18-8-7-9-19(22)15-18/h7-13,15H,3-6,14,22H2,1-2H3,(H,24,25)/b23-16+. The number of nitrogens with one attached hydrogen (secondary N) is 1. The number of nitrogens with zero attached hydrogens (tertiary/aromatic N) is 1. The van der Waals surface area contributed by atoms with Crippen LogP contribution in [0.4, 0.5) is 5.69 Å². The third-order valence-electron chi connectivity index (χ3n) is 4.01. The Hall–Kier alpha value is -2.82. The molecule has 0 fully saturated rings. The summed E-state index contributed by atoms with van der Waals surface area (Å²) < 4.78 is 5.68. The van der Waals surface area contributed by atoms with Gasteiger partial charge in [0.25, 0.3) is 5.91 Å². The van der Waals surface area contributed by atoms with Crippen molar-refractivity contribution in [2.75, 3.05) is 12.3 Å². The van der Waals surface area contributed by atoms with E-state index in [4.69, 9.17) is 10.5 Å². The molecule has 2 aromatic carbocycles. The van der Waals surface area contributed by atoms with Crippen molar-refractivity contribution in [1.29, 1.82) is 0 Å². The van der Waals surface area contributed by atoms with Crippen molar-refractivity contribution < 1.29 is 9.53 Å². The van der Waals surface area contributed by atoms with E-state index in [9.17, 15) is 4.79 Å². The zero-order chi connectivity index (χ0) is 18.8.